The van der Waals surface area contributed by atoms with Crippen LogP contribution in [0.5, 0.6) is 0 Å². The maximum atomic E-state index is 12.1. The van der Waals surface area contributed by atoms with Crippen LogP contribution in [-0.2, 0) is 14.8 Å². The highest BCUT2D eigenvalue weighted by Gasteiger charge is 2.42. The molecule has 0 radical (unpaired) electrons. The van der Waals surface area contributed by atoms with Crippen molar-refractivity contribution in [1.82, 2.24) is 10.0 Å². The Balaban J connectivity index is 1.35. The highest BCUT2D eigenvalue weighted by molar-refractivity contribution is 7.89. The van der Waals surface area contributed by atoms with Gasteiger partial charge in [-0.2, -0.15) is 0 Å². The molecule has 0 spiro atoms. The van der Waals surface area contributed by atoms with Gasteiger partial charge in [0.15, 0.2) is 0 Å². The summed E-state index contributed by atoms with van der Waals surface area (Å²) in [6.45, 7) is 0.787. The molecule has 2 N–H and O–H groups in total. The van der Waals surface area contributed by atoms with Crippen LogP contribution in [0, 0.1) is 23.7 Å². The molecule has 1 amide bonds. The van der Waals surface area contributed by atoms with Crippen LogP contribution in [0.4, 0.5) is 0 Å². The summed E-state index contributed by atoms with van der Waals surface area (Å²) < 4.78 is 26.3. The summed E-state index contributed by atoms with van der Waals surface area (Å²) in [5.74, 6) is 1.99. The van der Waals surface area contributed by atoms with E-state index in [9.17, 15) is 13.2 Å². The van der Waals surface area contributed by atoms with Gasteiger partial charge in [-0.1, -0.05) is 12.8 Å². The zero-order chi connectivity index (χ0) is 14.9. The van der Waals surface area contributed by atoms with Gasteiger partial charge in [0.2, 0.25) is 15.9 Å². The van der Waals surface area contributed by atoms with Crippen molar-refractivity contribution in [3.05, 3.63) is 0 Å². The zero-order valence-corrected chi connectivity index (χ0v) is 13.3. The van der Waals surface area contributed by atoms with Crippen LogP contribution in [0.15, 0.2) is 0 Å². The van der Waals surface area contributed by atoms with Gasteiger partial charge in [0.05, 0.1) is 5.75 Å². The van der Waals surface area contributed by atoms with Gasteiger partial charge in [-0.25, -0.2) is 13.1 Å². The third-order valence-corrected chi connectivity index (χ3v) is 6.91. The molecule has 0 heterocycles. The molecular formula is C15H26N2O3S. The SMILES string of the molecule is O=C(NCCS(=O)(=O)NCC1CCC1)C1CC2CCC1C2. The normalized spacial score (nSPS) is 32.1. The molecule has 3 unspecified atom stereocenters. The van der Waals surface area contributed by atoms with E-state index in [2.05, 4.69) is 10.0 Å². The summed E-state index contributed by atoms with van der Waals surface area (Å²) in [7, 11) is -3.25. The molecule has 3 saturated carbocycles. The zero-order valence-electron chi connectivity index (χ0n) is 12.5. The molecule has 0 aliphatic heterocycles. The molecule has 0 aromatic carbocycles. The molecule has 0 aromatic rings. The highest BCUT2D eigenvalue weighted by Crippen LogP contribution is 2.48. The Kier molecular flexibility index (Phi) is 4.54. The molecule has 0 saturated heterocycles. The summed E-state index contributed by atoms with van der Waals surface area (Å²) in [5, 5.41) is 2.82. The van der Waals surface area contributed by atoms with E-state index in [-0.39, 0.29) is 24.1 Å². The highest BCUT2D eigenvalue weighted by atomic mass is 32.2. The van der Waals surface area contributed by atoms with Crippen LogP contribution in [0.25, 0.3) is 0 Å². The minimum Gasteiger partial charge on any atom is -0.355 e. The number of rotatable bonds is 7. The van der Waals surface area contributed by atoms with Gasteiger partial charge in [0.1, 0.15) is 0 Å². The summed E-state index contributed by atoms with van der Waals surface area (Å²) >= 11 is 0. The predicted octanol–water partition coefficient (Wildman–Crippen LogP) is 1.26. The van der Waals surface area contributed by atoms with Gasteiger partial charge in [-0.15, -0.1) is 0 Å². The van der Waals surface area contributed by atoms with E-state index in [1.807, 2.05) is 0 Å². The van der Waals surface area contributed by atoms with Gasteiger partial charge in [-0.3, -0.25) is 4.79 Å². The first-order valence-electron chi connectivity index (χ1n) is 8.28. The first-order chi connectivity index (χ1) is 10.0. The van der Waals surface area contributed by atoms with Crippen LogP contribution in [0.1, 0.15) is 44.9 Å². The first kappa shape index (κ1) is 15.3. The van der Waals surface area contributed by atoms with Crippen LogP contribution in [0.3, 0.4) is 0 Å². The fourth-order valence-corrected chi connectivity index (χ4v) is 5.02. The van der Waals surface area contributed by atoms with Crippen molar-refractivity contribution in [2.45, 2.75) is 44.9 Å². The van der Waals surface area contributed by atoms with Crippen molar-refractivity contribution >= 4 is 15.9 Å². The maximum Gasteiger partial charge on any atom is 0.223 e. The van der Waals surface area contributed by atoms with Crippen molar-refractivity contribution in [1.29, 1.82) is 0 Å². The van der Waals surface area contributed by atoms with E-state index in [1.165, 1.54) is 25.7 Å². The predicted molar refractivity (Wildman–Crippen MR) is 81.1 cm³/mol. The van der Waals surface area contributed by atoms with Crippen molar-refractivity contribution in [2.24, 2.45) is 23.7 Å². The molecular weight excluding hydrogens is 288 g/mol. The lowest BCUT2D eigenvalue weighted by Gasteiger charge is -2.25. The first-order valence-corrected chi connectivity index (χ1v) is 9.94. The molecule has 21 heavy (non-hydrogen) atoms. The van der Waals surface area contributed by atoms with Crippen molar-refractivity contribution < 1.29 is 13.2 Å². The van der Waals surface area contributed by atoms with E-state index in [0.717, 1.165) is 25.2 Å². The summed E-state index contributed by atoms with van der Waals surface area (Å²) in [6.07, 6.45) is 8.11. The second kappa shape index (κ2) is 6.24. The van der Waals surface area contributed by atoms with E-state index < -0.39 is 10.0 Å². The average molecular weight is 314 g/mol. The number of nitrogens with one attached hydrogen (secondary N) is 2. The molecule has 6 heteroatoms. The Morgan fingerprint density at radius 3 is 2.48 bits per heavy atom. The molecule has 0 aromatic heterocycles. The van der Waals surface area contributed by atoms with Gasteiger partial charge >= 0.3 is 0 Å². The van der Waals surface area contributed by atoms with Crippen LogP contribution in [-0.4, -0.2) is 33.2 Å². The van der Waals surface area contributed by atoms with E-state index in [1.54, 1.807) is 0 Å². The molecule has 3 fully saturated rings. The molecule has 3 aliphatic carbocycles. The second-order valence-corrected chi connectivity index (χ2v) is 8.96. The number of hydrogen-bond acceptors (Lipinski definition) is 3. The Morgan fingerprint density at radius 1 is 1.10 bits per heavy atom. The van der Waals surface area contributed by atoms with Gasteiger partial charge in [0.25, 0.3) is 0 Å². The van der Waals surface area contributed by atoms with E-state index in [0.29, 0.717) is 18.4 Å². The number of amides is 1. The summed E-state index contributed by atoms with van der Waals surface area (Å²) in [6, 6.07) is 0. The van der Waals surface area contributed by atoms with Crippen LogP contribution in [0.2, 0.25) is 0 Å². The number of fused-ring (bicyclic) bond motifs is 2. The van der Waals surface area contributed by atoms with E-state index >= 15 is 0 Å². The standard InChI is InChI=1S/C15H26N2O3S/c18-15(14-9-12-4-5-13(14)8-12)16-6-7-21(19,20)17-10-11-2-1-3-11/h11-14,17H,1-10H2,(H,16,18). The minimum absolute atomic E-state index is 0.00766. The molecule has 5 nitrogen and oxygen atoms in total. The molecule has 3 rings (SSSR count). The van der Waals surface area contributed by atoms with Crippen molar-refractivity contribution in [3.63, 3.8) is 0 Å². The van der Waals surface area contributed by atoms with Crippen molar-refractivity contribution in [3.8, 4) is 0 Å². The van der Waals surface area contributed by atoms with Gasteiger partial charge in [-0.05, 0) is 49.9 Å². The fourth-order valence-electron chi connectivity index (χ4n) is 4.02. The topological polar surface area (TPSA) is 75.3 Å². The van der Waals surface area contributed by atoms with E-state index in [4.69, 9.17) is 0 Å². The lowest BCUT2D eigenvalue weighted by Crippen LogP contribution is -2.40. The lowest BCUT2D eigenvalue weighted by atomic mass is 9.86. The second-order valence-electron chi connectivity index (χ2n) is 7.04. The molecule has 3 aliphatic rings. The Labute approximate surface area is 127 Å². The largest absolute Gasteiger partial charge is 0.355 e. The number of carbonyl (C=O) groups is 1. The smallest absolute Gasteiger partial charge is 0.223 e. The fraction of sp³-hybridized carbons (Fsp3) is 0.933. The average Bonchev–Trinajstić information content (AvgIpc) is 2.98. The van der Waals surface area contributed by atoms with Crippen LogP contribution < -0.4 is 10.0 Å². The Hall–Kier alpha value is -0.620. The quantitative estimate of drug-likeness (QED) is 0.743. The molecule has 120 valence electrons. The lowest BCUT2D eigenvalue weighted by molar-refractivity contribution is -0.126. The van der Waals surface area contributed by atoms with Crippen LogP contribution >= 0.6 is 0 Å². The Morgan fingerprint density at radius 2 is 1.90 bits per heavy atom. The third kappa shape index (κ3) is 3.77. The number of sulfonamides is 1. The van der Waals surface area contributed by atoms with Gasteiger partial charge < -0.3 is 5.32 Å². The molecule has 2 bridgehead atoms. The summed E-state index contributed by atoms with van der Waals surface area (Å²) in [4.78, 5) is 12.1. The number of hydrogen-bond donors (Lipinski definition) is 2. The maximum absolute atomic E-state index is 12.1. The molecule has 3 atom stereocenters. The monoisotopic (exact) mass is 314 g/mol. The number of carbonyl (C=O) groups excluding carboxylic acids is 1. The van der Waals surface area contributed by atoms with Gasteiger partial charge in [0, 0.05) is 19.0 Å². The minimum atomic E-state index is -3.25. The van der Waals surface area contributed by atoms with Crippen molar-refractivity contribution in [2.75, 3.05) is 18.8 Å². The summed E-state index contributed by atoms with van der Waals surface area (Å²) in [5.41, 5.74) is 0. The third-order valence-electron chi connectivity index (χ3n) is 5.56. The Bertz CT molecular complexity index is 487.